The molecule has 5 nitrogen and oxygen atoms in total. The van der Waals surface area contributed by atoms with Gasteiger partial charge in [0.05, 0.1) is 4.90 Å². The topological polar surface area (TPSA) is 75.4 Å². The van der Waals surface area contributed by atoms with Gasteiger partial charge in [0.2, 0.25) is 10.0 Å². The summed E-state index contributed by atoms with van der Waals surface area (Å²) in [7, 11) is -3.43. The maximum Gasteiger partial charge on any atom is 0.241 e. The molecule has 118 valence electrons. The van der Waals surface area contributed by atoms with Crippen molar-refractivity contribution in [1.29, 1.82) is 0 Å². The molecule has 0 bridgehead atoms. The van der Waals surface area contributed by atoms with Gasteiger partial charge in [-0.3, -0.25) is 0 Å². The van der Waals surface area contributed by atoms with Crippen molar-refractivity contribution in [2.75, 3.05) is 26.2 Å². The van der Waals surface area contributed by atoms with E-state index in [9.17, 15) is 8.42 Å². The van der Waals surface area contributed by atoms with Crippen LogP contribution in [0.1, 0.15) is 24.0 Å². The predicted molar refractivity (Wildman–Crippen MR) is 84.8 cm³/mol. The number of hydrogen-bond donors (Lipinski definition) is 2. The van der Waals surface area contributed by atoms with Crippen molar-refractivity contribution >= 4 is 10.0 Å². The number of nitrogens with zero attached hydrogens (tertiary/aromatic N) is 1. The van der Waals surface area contributed by atoms with Gasteiger partial charge in [0.1, 0.15) is 0 Å². The van der Waals surface area contributed by atoms with Crippen LogP contribution in [0.4, 0.5) is 0 Å². The molecule has 0 amide bonds. The van der Waals surface area contributed by atoms with Crippen LogP contribution in [-0.2, 0) is 10.0 Å². The molecule has 3 N–H and O–H groups in total. The summed E-state index contributed by atoms with van der Waals surface area (Å²) < 4.78 is 27.8. The molecule has 0 radical (unpaired) electrons. The molecule has 0 aromatic heterocycles. The first-order valence-electron chi connectivity index (χ1n) is 7.44. The van der Waals surface area contributed by atoms with E-state index in [1.54, 1.807) is 6.07 Å². The van der Waals surface area contributed by atoms with Gasteiger partial charge in [-0.2, -0.15) is 0 Å². The molecule has 0 unspecified atom stereocenters. The number of piperidine rings is 1. The van der Waals surface area contributed by atoms with Crippen LogP contribution >= 0.6 is 0 Å². The molecular weight excluding hydrogens is 286 g/mol. The molecule has 2 rings (SSSR count). The summed E-state index contributed by atoms with van der Waals surface area (Å²) in [5.74, 6) is 0. The first kappa shape index (κ1) is 16.4. The predicted octanol–water partition coefficient (Wildman–Crippen LogP) is 1.00. The summed E-state index contributed by atoms with van der Waals surface area (Å²) in [6, 6.07) is 5.45. The molecule has 0 atom stereocenters. The van der Waals surface area contributed by atoms with E-state index in [2.05, 4.69) is 9.62 Å². The van der Waals surface area contributed by atoms with Gasteiger partial charge in [-0.05, 0) is 51.4 Å². The fraction of sp³-hybridized carbons (Fsp3) is 0.600. The van der Waals surface area contributed by atoms with E-state index >= 15 is 0 Å². The van der Waals surface area contributed by atoms with Crippen molar-refractivity contribution in [3.8, 4) is 0 Å². The molecule has 1 saturated heterocycles. The average Bonchev–Trinajstić information content (AvgIpc) is 2.40. The lowest BCUT2D eigenvalue weighted by Crippen LogP contribution is -2.45. The Kier molecular flexibility index (Phi) is 5.37. The zero-order valence-electron chi connectivity index (χ0n) is 12.8. The Morgan fingerprint density at radius 3 is 2.52 bits per heavy atom. The fourth-order valence-corrected chi connectivity index (χ4v) is 4.37. The van der Waals surface area contributed by atoms with Crippen molar-refractivity contribution in [3.05, 3.63) is 29.3 Å². The Labute approximate surface area is 127 Å². The highest BCUT2D eigenvalue weighted by Gasteiger charge is 2.25. The number of nitrogens with one attached hydrogen (secondary N) is 1. The first-order valence-corrected chi connectivity index (χ1v) is 8.92. The van der Waals surface area contributed by atoms with Crippen molar-refractivity contribution < 1.29 is 8.42 Å². The number of aryl methyl sites for hydroxylation is 2. The molecule has 0 aliphatic carbocycles. The highest BCUT2D eigenvalue weighted by atomic mass is 32.2. The summed E-state index contributed by atoms with van der Waals surface area (Å²) in [6.07, 6.45) is 1.67. The van der Waals surface area contributed by atoms with Crippen LogP contribution in [0.25, 0.3) is 0 Å². The number of sulfonamides is 1. The standard InChI is InChI=1S/C15H25N3O2S/c1-12-3-4-15(13(2)11-12)21(19,20)17-14-5-8-18(9-6-14)10-7-16/h3-4,11,14,17H,5-10,16H2,1-2H3. The monoisotopic (exact) mass is 311 g/mol. The second-order valence-corrected chi connectivity index (χ2v) is 7.48. The molecular formula is C15H25N3O2S. The number of hydrogen-bond acceptors (Lipinski definition) is 4. The molecule has 1 fully saturated rings. The largest absolute Gasteiger partial charge is 0.329 e. The number of nitrogens with two attached hydrogens (primary N) is 1. The van der Waals surface area contributed by atoms with Gasteiger partial charge < -0.3 is 10.6 Å². The maximum atomic E-state index is 12.5. The van der Waals surface area contributed by atoms with Gasteiger partial charge in [-0.15, -0.1) is 0 Å². The molecule has 0 spiro atoms. The Balaban J connectivity index is 2.02. The third kappa shape index (κ3) is 4.26. The number of benzene rings is 1. The third-order valence-electron chi connectivity index (χ3n) is 3.97. The minimum Gasteiger partial charge on any atom is -0.329 e. The summed E-state index contributed by atoms with van der Waals surface area (Å²) in [6.45, 7) is 7.14. The first-order chi connectivity index (χ1) is 9.92. The van der Waals surface area contributed by atoms with E-state index in [1.165, 1.54) is 0 Å². The normalized spacial score (nSPS) is 18.0. The fourth-order valence-electron chi connectivity index (χ4n) is 2.84. The summed E-state index contributed by atoms with van der Waals surface area (Å²) in [5.41, 5.74) is 7.41. The lowest BCUT2D eigenvalue weighted by Gasteiger charge is -2.31. The Morgan fingerprint density at radius 2 is 1.95 bits per heavy atom. The summed E-state index contributed by atoms with van der Waals surface area (Å²) >= 11 is 0. The summed E-state index contributed by atoms with van der Waals surface area (Å²) in [4.78, 5) is 2.67. The van der Waals surface area contributed by atoms with Crippen molar-refractivity contribution in [2.24, 2.45) is 5.73 Å². The van der Waals surface area contributed by atoms with Gasteiger partial charge in [-0.25, -0.2) is 13.1 Å². The quantitative estimate of drug-likeness (QED) is 0.851. The Morgan fingerprint density at radius 1 is 1.29 bits per heavy atom. The highest BCUT2D eigenvalue weighted by molar-refractivity contribution is 7.89. The van der Waals surface area contributed by atoms with Crippen molar-refractivity contribution in [3.63, 3.8) is 0 Å². The smallest absolute Gasteiger partial charge is 0.241 e. The van der Waals surface area contributed by atoms with E-state index in [0.29, 0.717) is 11.4 Å². The molecule has 1 aromatic rings. The Hall–Kier alpha value is -0.950. The molecule has 21 heavy (non-hydrogen) atoms. The SMILES string of the molecule is Cc1ccc(S(=O)(=O)NC2CCN(CCN)CC2)c(C)c1. The molecule has 1 heterocycles. The van der Waals surface area contributed by atoms with Crippen molar-refractivity contribution in [1.82, 2.24) is 9.62 Å². The zero-order chi connectivity index (χ0) is 15.5. The lowest BCUT2D eigenvalue weighted by atomic mass is 10.1. The van der Waals surface area contributed by atoms with Gasteiger partial charge in [-0.1, -0.05) is 17.7 Å². The molecule has 1 aliphatic heterocycles. The highest BCUT2D eigenvalue weighted by Crippen LogP contribution is 2.19. The van der Waals surface area contributed by atoms with Crippen LogP contribution in [-0.4, -0.2) is 45.5 Å². The zero-order valence-corrected chi connectivity index (χ0v) is 13.6. The van der Waals surface area contributed by atoms with Gasteiger partial charge in [0.25, 0.3) is 0 Å². The molecule has 1 aromatic carbocycles. The van der Waals surface area contributed by atoms with E-state index < -0.39 is 10.0 Å². The van der Waals surface area contributed by atoms with E-state index in [-0.39, 0.29) is 6.04 Å². The van der Waals surface area contributed by atoms with E-state index in [4.69, 9.17) is 5.73 Å². The maximum absolute atomic E-state index is 12.5. The van der Waals surface area contributed by atoms with Gasteiger partial charge in [0.15, 0.2) is 0 Å². The number of rotatable bonds is 5. The molecule has 1 aliphatic rings. The second-order valence-electron chi connectivity index (χ2n) is 5.79. The van der Waals surface area contributed by atoms with Gasteiger partial charge in [0, 0.05) is 19.1 Å². The van der Waals surface area contributed by atoms with Crippen molar-refractivity contribution in [2.45, 2.75) is 37.6 Å². The second kappa shape index (κ2) is 6.87. The van der Waals surface area contributed by atoms with Crippen LogP contribution in [0.15, 0.2) is 23.1 Å². The van der Waals surface area contributed by atoms with Crippen LogP contribution in [0, 0.1) is 13.8 Å². The van der Waals surface area contributed by atoms with E-state index in [0.717, 1.165) is 43.6 Å². The molecule has 6 heteroatoms. The van der Waals surface area contributed by atoms with Crippen LogP contribution in [0.2, 0.25) is 0 Å². The van der Waals surface area contributed by atoms with E-state index in [1.807, 2.05) is 26.0 Å². The van der Waals surface area contributed by atoms with Crippen LogP contribution in [0.3, 0.4) is 0 Å². The minimum atomic E-state index is -3.43. The van der Waals surface area contributed by atoms with Crippen LogP contribution in [0.5, 0.6) is 0 Å². The minimum absolute atomic E-state index is 0.0183. The third-order valence-corrected chi connectivity index (χ3v) is 5.66. The number of likely N-dealkylation sites (tertiary alicyclic amines) is 1. The summed E-state index contributed by atoms with van der Waals surface area (Å²) in [5, 5.41) is 0. The Bertz CT molecular complexity index is 579. The van der Waals surface area contributed by atoms with Crippen LogP contribution < -0.4 is 10.5 Å². The lowest BCUT2D eigenvalue weighted by molar-refractivity contribution is 0.212. The van der Waals surface area contributed by atoms with Gasteiger partial charge >= 0.3 is 0 Å². The average molecular weight is 311 g/mol. The molecule has 0 saturated carbocycles.